The molecular formula is C26H25N5O2. The number of amides is 1. The van der Waals surface area contributed by atoms with Crippen LogP contribution >= 0.6 is 0 Å². The monoisotopic (exact) mass is 439 g/mol. The van der Waals surface area contributed by atoms with Crippen LogP contribution in [0.4, 0.5) is 0 Å². The van der Waals surface area contributed by atoms with Crippen molar-refractivity contribution in [3.8, 4) is 6.07 Å². The Kier molecular flexibility index (Phi) is 5.31. The van der Waals surface area contributed by atoms with E-state index in [-0.39, 0.29) is 17.7 Å². The van der Waals surface area contributed by atoms with Crippen LogP contribution in [0.2, 0.25) is 0 Å². The molecule has 7 nitrogen and oxygen atoms in total. The van der Waals surface area contributed by atoms with E-state index >= 15 is 0 Å². The number of carbonyl (C=O) groups is 2. The number of nitriles is 1. The Morgan fingerprint density at radius 2 is 1.91 bits per heavy atom. The first-order chi connectivity index (χ1) is 16.1. The van der Waals surface area contributed by atoms with Crippen molar-refractivity contribution in [1.29, 1.82) is 5.26 Å². The normalized spacial score (nSPS) is 28.8. The van der Waals surface area contributed by atoms with E-state index in [1.165, 1.54) is 6.08 Å². The number of allylic oxidation sites excluding steroid dienone is 1. The van der Waals surface area contributed by atoms with Gasteiger partial charge < -0.3 is 10.6 Å². The van der Waals surface area contributed by atoms with Gasteiger partial charge in [0, 0.05) is 49.6 Å². The fraction of sp³-hybridized carbons (Fsp3) is 0.308. The molecule has 2 aromatic rings. The first-order valence-electron chi connectivity index (χ1n) is 11.1. The number of nitrogens with one attached hydrogen (secondary N) is 2. The summed E-state index contributed by atoms with van der Waals surface area (Å²) in [5.74, 6) is 1.14. The third kappa shape index (κ3) is 3.73. The topological polar surface area (TPSA) is 98.1 Å². The zero-order chi connectivity index (χ0) is 23.0. The molecule has 3 heterocycles. The Bertz CT molecular complexity index is 1160. The number of nitrogens with zero attached hydrogens (tertiary/aromatic N) is 3. The largest absolute Gasteiger partial charge is 0.357 e. The summed E-state index contributed by atoms with van der Waals surface area (Å²) in [6.45, 7) is 5.66. The molecule has 1 aromatic carbocycles. The van der Waals surface area contributed by atoms with Crippen LogP contribution in [0.15, 0.2) is 73.3 Å². The lowest BCUT2D eigenvalue weighted by Crippen LogP contribution is -2.49. The van der Waals surface area contributed by atoms with E-state index in [1.54, 1.807) is 42.7 Å². The molecule has 1 aromatic heterocycles. The molecule has 5 rings (SSSR count). The number of hydrogen-bond donors (Lipinski definition) is 2. The second-order valence-electron chi connectivity index (χ2n) is 8.97. The number of carbonyl (C=O) groups excluding carboxylic acids is 2. The van der Waals surface area contributed by atoms with Crippen molar-refractivity contribution in [3.63, 3.8) is 0 Å². The van der Waals surface area contributed by atoms with E-state index in [4.69, 9.17) is 5.26 Å². The molecule has 3 aliphatic rings. The number of piperidine rings is 1. The molecule has 1 aliphatic carbocycles. The molecule has 2 N–H and O–H groups in total. The predicted octanol–water partition coefficient (Wildman–Crippen LogP) is 2.18. The number of benzene rings is 1. The smallest absolute Gasteiger partial charge is 0.254 e. The van der Waals surface area contributed by atoms with Gasteiger partial charge in [-0.2, -0.15) is 5.26 Å². The van der Waals surface area contributed by atoms with Crippen LogP contribution in [0.1, 0.15) is 27.9 Å². The van der Waals surface area contributed by atoms with Crippen molar-refractivity contribution < 1.29 is 9.59 Å². The third-order valence-electron chi connectivity index (χ3n) is 6.91. The lowest BCUT2D eigenvalue weighted by molar-refractivity contribution is -0.132. The molecule has 0 spiro atoms. The van der Waals surface area contributed by atoms with E-state index in [9.17, 15) is 9.59 Å². The van der Waals surface area contributed by atoms with Crippen LogP contribution in [0.3, 0.4) is 0 Å². The molecule has 1 saturated carbocycles. The van der Waals surface area contributed by atoms with Gasteiger partial charge >= 0.3 is 0 Å². The third-order valence-corrected chi connectivity index (χ3v) is 6.91. The Balaban J connectivity index is 1.50. The van der Waals surface area contributed by atoms with Crippen molar-refractivity contribution in [1.82, 2.24) is 20.5 Å². The van der Waals surface area contributed by atoms with E-state index in [2.05, 4.69) is 28.3 Å². The molecule has 0 radical (unpaired) electrons. The van der Waals surface area contributed by atoms with Gasteiger partial charge in [0.05, 0.1) is 11.6 Å². The van der Waals surface area contributed by atoms with Gasteiger partial charge in [0.1, 0.15) is 11.4 Å². The van der Waals surface area contributed by atoms with Crippen molar-refractivity contribution in [2.75, 3.05) is 13.1 Å². The summed E-state index contributed by atoms with van der Waals surface area (Å²) in [5.41, 5.74) is 1.06. The highest BCUT2D eigenvalue weighted by molar-refractivity contribution is 6.06. The van der Waals surface area contributed by atoms with Crippen LogP contribution in [0.25, 0.3) is 0 Å². The van der Waals surface area contributed by atoms with Gasteiger partial charge in [-0.1, -0.05) is 6.08 Å². The minimum atomic E-state index is -0.899. The van der Waals surface area contributed by atoms with Crippen molar-refractivity contribution in [2.24, 2.45) is 11.8 Å². The van der Waals surface area contributed by atoms with Crippen molar-refractivity contribution in [3.05, 3.63) is 90.0 Å². The van der Waals surface area contributed by atoms with Gasteiger partial charge in [-0.25, -0.2) is 0 Å². The van der Waals surface area contributed by atoms with Crippen LogP contribution in [-0.2, 0) is 11.2 Å². The van der Waals surface area contributed by atoms with Gasteiger partial charge in [-0.05, 0) is 60.2 Å². The molecular weight excluding hydrogens is 414 g/mol. The number of pyridine rings is 1. The van der Waals surface area contributed by atoms with E-state index in [0.717, 1.165) is 18.7 Å². The molecule has 33 heavy (non-hydrogen) atoms. The second-order valence-corrected chi connectivity index (χ2v) is 8.97. The summed E-state index contributed by atoms with van der Waals surface area (Å²) in [6.07, 6.45) is 7.63. The zero-order valence-electron chi connectivity index (χ0n) is 18.2. The molecule has 3 atom stereocenters. The predicted molar refractivity (Wildman–Crippen MR) is 123 cm³/mol. The lowest BCUT2D eigenvalue weighted by Gasteiger charge is -2.26. The van der Waals surface area contributed by atoms with Gasteiger partial charge in [-0.15, -0.1) is 6.58 Å². The maximum atomic E-state index is 13.9. The lowest BCUT2D eigenvalue weighted by atomic mass is 9.87. The minimum Gasteiger partial charge on any atom is -0.357 e. The zero-order valence-corrected chi connectivity index (χ0v) is 18.2. The fourth-order valence-corrected chi connectivity index (χ4v) is 5.21. The number of hydrogen-bond acceptors (Lipinski definition) is 6. The molecule has 7 heteroatoms. The molecule has 2 saturated heterocycles. The first-order valence-corrected chi connectivity index (χ1v) is 11.1. The molecule has 3 fully saturated rings. The summed E-state index contributed by atoms with van der Waals surface area (Å²) < 4.78 is 0. The minimum absolute atomic E-state index is 0.0162. The molecule has 3 unspecified atom stereocenters. The Labute approximate surface area is 192 Å². The number of rotatable bonds is 7. The molecule has 0 bridgehead atoms. The van der Waals surface area contributed by atoms with Gasteiger partial charge in [0.15, 0.2) is 5.78 Å². The SMILES string of the molecule is C=CCC1(Cc2ccncc2)NC(=CC(=O)c2ccc(C#N)cc2)N(C2C3CNCC32)C1=O. The van der Waals surface area contributed by atoms with Crippen LogP contribution in [0.5, 0.6) is 0 Å². The van der Waals surface area contributed by atoms with Gasteiger partial charge in [-0.3, -0.25) is 19.5 Å². The number of fused-ring (bicyclic) bond motifs is 1. The highest BCUT2D eigenvalue weighted by atomic mass is 16.2. The van der Waals surface area contributed by atoms with E-state index in [1.807, 2.05) is 17.0 Å². The van der Waals surface area contributed by atoms with Gasteiger partial charge in [0.2, 0.25) is 0 Å². The van der Waals surface area contributed by atoms with Crippen LogP contribution in [0, 0.1) is 23.2 Å². The summed E-state index contributed by atoms with van der Waals surface area (Å²) in [6, 6.07) is 12.5. The van der Waals surface area contributed by atoms with Gasteiger partial charge in [0.25, 0.3) is 5.91 Å². The average molecular weight is 440 g/mol. The summed E-state index contributed by atoms with van der Waals surface area (Å²) in [5, 5.41) is 15.8. The molecule has 2 aliphatic heterocycles. The van der Waals surface area contributed by atoms with Crippen LogP contribution in [-0.4, -0.2) is 46.2 Å². The Hall–Kier alpha value is -3.76. The quantitative estimate of drug-likeness (QED) is 0.390. The first kappa shape index (κ1) is 21.1. The fourth-order valence-electron chi connectivity index (χ4n) is 5.21. The maximum Gasteiger partial charge on any atom is 0.254 e. The van der Waals surface area contributed by atoms with E-state index in [0.29, 0.717) is 41.6 Å². The highest BCUT2D eigenvalue weighted by Gasteiger charge is 2.62. The molecule has 166 valence electrons. The van der Waals surface area contributed by atoms with Crippen molar-refractivity contribution >= 4 is 11.7 Å². The van der Waals surface area contributed by atoms with Crippen molar-refractivity contribution in [2.45, 2.75) is 24.4 Å². The van der Waals surface area contributed by atoms with Crippen LogP contribution < -0.4 is 10.6 Å². The standard InChI is InChI=1S/C26H25N5O2/c1-2-9-26(13-17-7-10-28-11-8-17)25(33)31(24-20-15-29-16-21(20)24)23(30-26)12-22(32)19-5-3-18(14-27)4-6-19/h2-8,10-12,20-21,24,29-30H,1,9,13,15-16H2. The number of ketones is 1. The Morgan fingerprint density at radius 1 is 1.21 bits per heavy atom. The number of aromatic nitrogens is 1. The molecule has 1 amide bonds. The highest BCUT2D eigenvalue weighted by Crippen LogP contribution is 2.49. The Morgan fingerprint density at radius 3 is 2.55 bits per heavy atom. The average Bonchev–Trinajstić information content (AvgIpc) is 3.15. The summed E-state index contributed by atoms with van der Waals surface area (Å²) in [7, 11) is 0. The second kappa shape index (κ2) is 8.30. The van der Waals surface area contributed by atoms with E-state index < -0.39 is 5.54 Å². The maximum absolute atomic E-state index is 13.9. The summed E-state index contributed by atoms with van der Waals surface area (Å²) in [4.78, 5) is 32.9. The summed E-state index contributed by atoms with van der Waals surface area (Å²) >= 11 is 0.